The molecule has 0 heterocycles. The molecule has 0 radical (unpaired) electrons. The molecule has 0 fully saturated rings. The van der Waals surface area contributed by atoms with Gasteiger partial charge in [0.05, 0.1) is 6.61 Å². The van der Waals surface area contributed by atoms with Crippen molar-refractivity contribution in [3.8, 4) is 0 Å². The van der Waals surface area contributed by atoms with E-state index in [0.717, 1.165) is 13.8 Å². The van der Waals surface area contributed by atoms with Crippen LogP contribution in [0.5, 0.6) is 0 Å². The molecule has 0 rings (SSSR count). The van der Waals surface area contributed by atoms with E-state index in [9.17, 15) is 111 Å². The molecule has 0 aromatic carbocycles. The summed E-state index contributed by atoms with van der Waals surface area (Å²) in [6.45, 7) is -1.07. The molecule has 0 aromatic rings. The zero-order valence-electron chi connectivity index (χ0n) is 21.9. The second-order valence-electron chi connectivity index (χ2n) is 9.37. The Morgan fingerprint density at radius 2 is 0.891 bits per heavy atom. The highest BCUT2D eigenvalue weighted by atomic mass is 19.4. The Balaban J connectivity index is 0. The molecule has 46 heavy (non-hydrogen) atoms. The molecule has 0 aliphatic carbocycles. The zero-order valence-corrected chi connectivity index (χ0v) is 21.9. The van der Waals surface area contributed by atoms with E-state index in [2.05, 4.69) is 9.47 Å². The van der Waals surface area contributed by atoms with Crippen LogP contribution in [0.1, 0.15) is 20.8 Å². The Kier molecular flexibility index (Phi) is 13.3. The van der Waals surface area contributed by atoms with Crippen molar-refractivity contribution in [2.75, 3.05) is 13.2 Å². The average Bonchev–Trinajstić information content (AvgIpc) is 2.84. The first-order chi connectivity index (χ1) is 19.7. The zero-order chi connectivity index (χ0) is 38.1. The number of carbonyl (C=O) groups is 2. The van der Waals surface area contributed by atoms with Gasteiger partial charge in [0, 0.05) is 5.41 Å². The number of ether oxygens (including phenoxy) is 2. The molecular formula is C19H15F23O4. The van der Waals surface area contributed by atoms with E-state index in [1.165, 1.54) is 0 Å². The quantitative estimate of drug-likeness (QED) is 0.108. The van der Waals surface area contributed by atoms with Crippen LogP contribution in [0.4, 0.5) is 106 Å². The van der Waals surface area contributed by atoms with Crippen LogP contribution in [0.15, 0.2) is 0 Å². The number of alkyl halides is 22. The second kappa shape index (κ2) is 13.4. The van der Waals surface area contributed by atoms with Crippen LogP contribution in [-0.2, 0) is 14.3 Å². The highest BCUT2D eigenvalue weighted by Gasteiger charge is 2.92. The Morgan fingerprint density at radius 1 is 0.543 bits per heavy atom. The molecule has 0 amide bonds. The van der Waals surface area contributed by atoms with E-state index in [-0.39, 0.29) is 6.92 Å². The third-order valence-corrected chi connectivity index (χ3v) is 4.97. The molecule has 0 saturated carbocycles. The Hall–Kier alpha value is -2.67. The van der Waals surface area contributed by atoms with E-state index in [0.29, 0.717) is 0 Å². The summed E-state index contributed by atoms with van der Waals surface area (Å²) in [6.07, 6.45) is -18.7. The van der Waals surface area contributed by atoms with Gasteiger partial charge in [-0.15, -0.1) is 4.39 Å². The summed E-state index contributed by atoms with van der Waals surface area (Å²) < 4.78 is 295. The fourth-order valence-electron chi connectivity index (χ4n) is 2.15. The number of esters is 1. The van der Waals surface area contributed by atoms with Crippen molar-refractivity contribution in [3.05, 3.63) is 0 Å². The van der Waals surface area contributed by atoms with Crippen LogP contribution < -0.4 is 0 Å². The van der Waals surface area contributed by atoms with Gasteiger partial charge in [0.2, 0.25) is 0 Å². The first-order valence-corrected chi connectivity index (χ1v) is 10.7. The molecule has 0 N–H and O–H groups in total. The molecule has 0 bridgehead atoms. The Labute approximate surface area is 239 Å². The van der Waals surface area contributed by atoms with E-state index >= 15 is 0 Å². The van der Waals surface area contributed by atoms with Gasteiger partial charge in [-0.25, -0.2) is 22.8 Å². The van der Waals surface area contributed by atoms with E-state index in [1.807, 2.05) is 0 Å². The van der Waals surface area contributed by atoms with E-state index in [4.69, 9.17) is 0 Å². The summed E-state index contributed by atoms with van der Waals surface area (Å²) in [5, 5.41) is 0. The van der Waals surface area contributed by atoms with Crippen molar-refractivity contribution in [2.45, 2.75) is 86.9 Å². The topological polar surface area (TPSA) is 52.6 Å². The van der Waals surface area contributed by atoms with Crippen molar-refractivity contribution >= 4 is 12.2 Å². The lowest BCUT2D eigenvalue weighted by molar-refractivity contribution is -0.437. The fourth-order valence-corrected chi connectivity index (χ4v) is 2.15. The summed E-state index contributed by atoms with van der Waals surface area (Å²) in [5.41, 5.74) is -1.86. The predicted molar refractivity (Wildman–Crippen MR) is 99.4 cm³/mol. The number of rotatable bonds is 13. The van der Waals surface area contributed by atoms with Gasteiger partial charge < -0.3 is 9.47 Å². The summed E-state index contributed by atoms with van der Waals surface area (Å²) in [4.78, 5) is 21.1. The first-order valence-electron chi connectivity index (χ1n) is 10.7. The number of halogens is 23. The van der Waals surface area contributed by atoms with Crippen molar-refractivity contribution in [1.29, 1.82) is 0 Å². The maximum atomic E-state index is 13.5. The van der Waals surface area contributed by atoms with Crippen molar-refractivity contribution in [2.24, 2.45) is 5.41 Å². The van der Waals surface area contributed by atoms with Gasteiger partial charge in [-0.05, 0) is 6.92 Å². The molecule has 4 nitrogen and oxygen atoms in total. The van der Waals surface area contributed by atoms with E-state index < -0.39 is 97.0 Å². The highest BCUT2D eigenvalue weighted by Crippen LogP contribution is 2.60. The van der Waals surface area contributed by atoms with Crippen molar-refractivity contribution in [3.63, 3.8) is 0 Å². The minimum atomic E-state index is -8.15. The first kappa shape index (κ1) is 45.5. The van der Waals surface area contributed by atoms with E-state index in [1.54, 1.807) is 0 Å². The summed E-state index contributed by atoms with van der Waals surface area (Å²) in [6, 6.07) is 0. The highest BCUT2D eigenvalue weighted by molar-refractivity contribution is 5.79. The van der Waals surface area contributed by atoms with Gasteiger partial charge in [0.1, 0.15) is 6.61 Å². The monoisotopic (exact) mass is 744 g/mol. The molecule has 0 aliphatic heterocycles. The maximum absolute atomic E-state index is 13.5. The Bertz CT molecular complexity index is 1020. The number of hydrogen-bond acceptors (Lipinski definition) is 4. The summed E-state index contributed by atoms with van der Waals surface area (Å²) >= 11 is 0. The standard InChI is InChI=1S/C13H10F14O4.C6H5F9/c1-7(2,4-31-6(14)29)3-30-5(28)8(15,16)9(17,18)10(19,20)11(21,22)12(23,24)13(25,26)27;1-2(7)4(10,11)6(14,15)5(12,13)3(8)9/h3-4H2,1-2H3;2-3H,1H3. The Morgan fingerprint density at radius 3 is 1.20 bits per heavy atom. The van der Waals surface area contributed by atoms with Crippen LogP contribution in [0.2, 0.25) is 0 Å². The summed E-state index contributed by atoms with van der Waals surface area (Å²) in [7, 11) is 0. The molecule has 0 saturated heterocycles. The molecule has 1 atom stereocenters. The molecule has 1 unspecified atom stereocenters. The lowest BCUT2D eigenvalue weighted by Gasteiger charge is -2.39. The lowest BCUT2D eigenvalue weighted by atomic mass is 9.93. The van der Waals surface area contributed by atoms with Gasteiger partial charge in [0.15, 0.2) is 6.17 Å². The van der Waals surface area contributed by atoms with Crippen LogP contribution in [0.3, 0.4) is 0 Å². The van der Waals surface area contributed by atoms with Crippen LogP contribution in [0.25, 0.3) is 0 Å². The van der Waals surface area contributed by atoms with Gasteiger partial charge in [-0.3, -0.25) is 0 Å². The molecule has 27 heteroatoms. The molecule has 0 aliphatic rings. The predicted octanol–water partition coefficient (Wildman–Crippen LogP) is 8.92. The van der Waals surface area contributed by atoms with Gasteiger partial charge in [0.25, 0.3) is 0 Å². The smallest absolute Gasteiger partial charge is 0.460 e. The normalized spacial score (nSPS) is 15.6. The molecule has 0 aromatic heterocycles. The SMILES string of the molecule is CC(C)(COC(=O)F)COC(=O)C(F)(F)C(F)(F)C(F)(F)C(F)(F)C(F)(F)C(F)(F)F.CC(F)C(F)(F)C(F)(F)C(F)(F)C(F)F. The molecular weight excluding hydrogens is 729 g/mol. The lowest BCUT2D eigenvalue weighted by Crippen LogP contribution is -2.71. The van der Waals surface area contributed by atoms with Crippen LogP contribution in [0, 0.1) is 5.41 Å². The minimum Gasteiger partial charge on any atom is -0.460 e. The minimum absolute atomic E-state index is 0.130. The largest absolute Gasteiger partial charge is 0.495 e. The average molecular weight is 744 g/mol. The number of hydrogen-bond donors (Lipinski definition) is 0. The van der Waals surface area contributed by atoms with Crippen molar-refractivity contribution < 1.29 is 120 Å². The van der Waals surface area contributed by atoms with Gasteiger partial charge >= 0.3 is 72.2 Å². The molecule has 276 valence electrons. The fraction of sp³-hybridized carbons (Fsp3) is 0.895. The molecule has 0 spiro atoms. The van der Waals surface area contributed by atoms with Gasteiger partial charge in [-0.2, -0.15) is 83.4 Å². The van der Waals surface area contributed by atoms with Crippen LogP contribution >= 0.6 is 0 Å². The van der Waals surface area contributed by atoms with Gasteiger partial charge in [-0.1, -0.05) is 13.8 Å². The number of carbonyl (C=O) groups excluding carboxylic acids is 2. The summed E-state index contributed by atoms with van der Waals surface area (Å²) in [5.74, 6) is -61.5. The third kappa shape index (κ3) is 8.24. The van der Waals surface area contributed by atoms with Crippen LogP contribution in [-0.4, -0.2) is 91.6 Å². The van der Waals surface area contributed by atoms with Crippen molar-refractivity contribution in [1.82, 2.24) is 0 Å². The second-order valence-corrected chi connectivity index (χ2v) is 9.37. The maximum Gasteiger partial charge on any atom is 0.495 e. The third-order valence-electron chi connectivity index (χ3n) is 4.97.